The number of benzene rings is 1. The van der Waals surface area contributed by atoms with Crippen LogP contribution >= 0.6 is 35.0 Å². The molecule has 0 unspecified atom stereocenters. The summed E-state index contributed by atoms with van der Waals surface area (Å²) in [6, 6.07) is 4.80. The van der Waals surface area contributed by atoms with E-state index in [1.807, 2.05) is 6.26 Å². The molecule has 0 bridgehead atoms. The zero-order chi connectivity index (χ0) is 12.1. The van der Waals surface area contributed by atoms with E-state index in [2.05, 4.69) is 5.32 Å². The van der Waals surface area contributed by atoms with Gasteiger partial charge in [0, 0.05) is 12.7 Å². The number of carbonyl (C=O) groups excluding carboxylic acids is 1. The maximum absolute atomic E-state index is 11.6. The highest BCUT2D eigenvalue weighted by Gasteiger charge is 2.08. The molecule has 0 fully saturated rings. The summed E-state index contributed by atoms with van der Waals surface area (Å²) >= 11 is 13.2. The fourth-order valence-electron chi connectivity index (χ4n) is 1.05. The molecule has 0 radical (unpaired) electrons. The van der Waals surface area contributed by atoms with Crippen molar-refractivity contribution >= 4 is 46.7 Å². The Labute approximate surface area is 109 Å². The topological polar surface area (TPSA) is 32.3 Å². The van der Waals surface area contributed by atoms with Gasteiger partial charge in [0.2, 0.25) is 0 Å². The second-order valence-electron chi connectivity index (χ2n) is 3.17. The number of urea groups is 1. The summed E-state index contributed by atoms with van der Waals surface area (Å²) in [5, 5.41) is 3.62. The molecule has 0 saturated carbocycles. The average molecular weight is 279 g/mol. The molecule has 3 nitrogen and oxygen atoms in total. The summed E-state index contributed by atoms with van der Waals surface area (Å²) in [6.45, 7) is 0. The van der Waals surface area contributed by atoms with E-state index in [1.165, 1.54) is 0 Å². The Balaban J connectivity index is 2.66. The number of halogens is 2. The lowest BCUT2D eigenvalue weighted by atomic mass is 10.3. The van der Waals surface area contributed by atoms with Gasteiger partial charge in [0.05, 0.1) is 15.9 Å². The van der Waals surface area contributed by atoms with Crippen molar-refractivity contribution in [3.63, 3.8) is 0 Å². The van der Waals surface area contributed by atoms with E-state index in [-0.39, 0.29) is 6.03 Å². The number of hydrogen-bond donors (Lipinski definition) is 1. The van der Waals surface area contributed by atoms with Gasteiger partial charge in [0.1, 0.15) is 0 Å². The van der Waals surface area contributed by atoms with Crippen molar-refractivity contribution in [3.8, 4) is 0 Å². The van der Waals surface area contributed by atoms with Gasteiger partial charge in [-0.1, -0.05) is 23.2 Å². The Hall–Kier alpha value is -0.580. The Morgan fingerprint density at radius 2 is 2.12 bits per heavy atom. The molecule has 0 heterocycles. The number of hydrogen-bond acceptors (Lipinski definition) is 2. The molecule has 1 rings (SSSR count). The van der Waals surface area contributed by atoms with Crippen LogP contribution in [0.25, 0.3) is 0 Å². The molecule has 1 aromatic rings. The smallest absolute Gasteiger partial charge is 0.318 e. The van der Waals surface area contributed by atoms with Crippen molar-refractivity contribution in [2.45, 2.75) is 0 Å². The van der Waals surface area contributed by atoms with Crippen molar-refractivity contribution in [2.24, 2.45) is 0 Å². The molecule has 0 aliphatic carbocycles. The number of carbonyl (C=O) groups is 1. The minimum Gasteiger partial charge on any atom is -0.318 e. The third-order valence-electron chi connectivity index (χ3n) is 1.84. The first-order chi connectivity index (χ1) is 7.54. The summed E-state index contributed by atoms with van der Waals surface area (Å²) in [4.78, 5) is 13.2. The summed E-state index contributed by atoms with van der Waals surface area (Å²) in [7, 11) is 1.73. The molecule has 16 heavy (non-hydrogen) atoms. The number of amides is 2. The SMILES string of the molecule is CSCN(C)C(=O)Nc1ccc(Cl)c(Cl)c1. The van der Waals surface area contributed by atoms with Gasteiger partial charge in [0.15, 0.2) is 0 Å². The standard InChI is InChI=1S/C10H12Cl2N2OS/c1-14(6-16-2)10(15)13-7-3-4-8(11)9(12)5-7/h3-5H,6H2,1-2H3,(H,13,15). The third-order valence-corrected chi connectivity index (χ3v) is 3.22. The predicted octanol–water partition coefficient (Wildman–Crippen LogP) is 3.78. The lowest BCUT2D eigenvalue weighted by molar-refractivity contribution is 0.229. The Bertz CT molecular complexity index is 387. The number of nitrogens with zero attached hydrogens (tertiary/aromatic N) is 1. The maximum atomic E-state index is 11.6. The highest BCUT2D eigenvalue weighted by molar-refractivity contribution is 7.98. The summed E-state index contributed by atoms with van der Waals surface area (Å²) in [5.41, 5.74) is 0.632. The van der Waals surface area contributed by atoms with Gasteiger partial charge >= 0.3 is 6.03 Å². The largest absolute Gasteiger partial charge is 0.322 e. The molecule has 0 spiro atoms. The van der Waals surface area contributed by atoms with Crippen molar-refractivity contribution in [1.82, 2.24) is 4.90 Å². The zero-order valence-electron chi connectivity index (χ0n) is 8.96. The first kappa shape index (κ1) is 13.5. The van der Waals surface area contributed by atoms with Crippen LogP contribution in [0.3, 0.4) is 0 Å². The highest BCUT2D eigenvalue weighted by atomic mass is 35.5. The number of thioether (sulfide) groups is 1. The third kappa shape index (κ3) is 3.77. The Morgan fingerprint density at radius 1 is 1.44 bits per heavy atom. The van der Waals surface area contributed by atoms with Gasteiger partial charge in [-0.05, 0) is 24.5 Å². The minimum atomic E-state index is -0.173. The molecule has 0 saturated heterocycles. The highest BCUT2D eigenvalue weighted by Crippen LogP contribution is 2.25. The number of rotatable bonds is 3. The summed E-state index contributed by atoms with van der Waals surface area (Å²) in [6.07, 6.45) is 1.93. The monoisotopic (exact) mass is 278 g/mol. The van der Waals surface area contributed by atoms with Crippen LogP contribution in [0.5, 0.6) is 0 Å². The van der Waals surface area contributed by atoms with Crippen molar-refractivity contribution in [2.75, 3.05) is 24.5 Å². The van der Waals surface area contributed by atoms with Gasteiger partial charge in [-0.15, -0.1) is 11.8 Å². The molecule has 1 N–H and O–H groups in total. The van der Waals surface area contributed by atoms with E-state index in [9.17, 15) is 4.79 Å². The van der Waals surface area contributed by atoms with Crippen LogP contribution in [0, 0.1) is 0 Å². The van der Waals surface area contributed by atoms with Gasteiger partial charge in [0.25, 0.3) is 0 Å². The fraction of sp³-hybridized carbons (Fsp3) is 0.300. The molecular weight excluding hydrogens is 267 g/mol. The number of nitrogens with one attached hydrogen (secondary N) is 1. The average Bonchev–Trinajstić information content (AvgIpc) is 2.24. The lowest BCUT2D eigenvalue weighted by Crippen LogP contribution is -2.30. The van der Waals surface area contributed by atoms with Crippen molar-refractivity contribution < 1.29 is 4.79 Å². The number of anilines is 1. The van der Waals surface area contributed by atoms with Crippen molar-refractivity contribution in [1.29, 1.82) is 0 Å². The molecule has 1 aromatic carbocycles. The maximum Gasteiger partial charge on any atom is 0.322 e. The quantitative estimate of drug-likeness (QED) is 0.854. The Kier molecular flexibility index (Phi) is 5.25. The molecule has 0 aliphatic heterocycles. The van der Waals surface area contributed by atoms with E-state index in [0.29, 0.717) is 21.6 Å². The molecule has 0 aliphatic rings. The molecule has 88 valence electrons. The molecular formula is C10H12Cl2N2OS. The predicted molar refractivity (Wildman–Crippen MR) is 71.6 cm³/mol. The van der Waals surface area contributed by atoms with Crippen LogP contribution in [-0.2, 0) is 0 Å². The van der Waals surface area contributed by atoms with Gasteiger partial charge in [-0.2, -0.15) is 0 Å². The molecule has 6 heteroatoms. The van der Waals surface area contributed by atoms with Crippen LogP contribution in [0.1, 0.15) is 0 Å². The van der Waals surface area contributed by atoms with Gasteiger partial charge in [-0.3, -0.25) is 0 Å². The van der Waals surface area contributed by atoms with Crippen LogP contribution in [0.15, 0.2) is 18.2 Å². The molecule has 2 amide bonds. The van der Waals surface area contributed by atoms with Gasteiger partial charge < -0.3 is 10.2 Å². The molecule has 0 aromatic heterocycles. The van der Waals surface area contributed by atoms with E-state index < -0.39 is 0 Å². The van der Waals surface area contributed by atoms with E-state index >= 15 is 0 Å². The first-order valence-corrected chi connectivity index (χ1v) is 6.65. The fourth-order valence-corrected chi connectivity index (χ4v) is 1.85. The Morgan fingerprint density at radius 3 is 2.69 bits per heavy atom. The molecule has 0 atom stereocenters. The second-order valence-corrected chi connectivity index (χ2v) is 4.82. The van der Waals surface area contributed by atoms with Crippen LogP contribution in [-0.4, -0.2) is 30.1 Å². The van der Waals surface area contributed by atoms with E-state index in [4.69, 9.17) is 23.2 Å². The first-order valence-electron chi connectivity index (χ1n) is 4.50. The normalized spacial score (nSPS) is 10.0. The van der Waals surface area contributed by atoms with Gasteiger partial charge in [-0.25, -0.2) is 4.79 Å². The minimum absolute atomic E-state index is 0.173. The van der Waals surface area contributed by atoms with Crippen LogP contribution in [0.2, 0.25) is 10.0 Å². The zero-order valence-corrected chi connectivity index (χ0v) is 11.3. The lowest BCUT2D eigenvalue weighted by Gasteiger charge is -2.16. The summed E-state index contributed by atoms with van der Waals surface area (Å²) < 4.78 is 0. The summed E-state index contributed by atoms with van der Waals surface area (Å²) in [5.74, 6) is 0.632. The van der Waals surface area contributed by atoms with E-state index in [1.54, 1.807) is 41.9 Å². The van der Waals surface area contributed by atoms with E-state index in [0.717, 1.165) is 0 Å². The van der Waals surface area contributed by atoms with Crippen molar-refractivity contribution in [3.05, 3.63) is 28.2 Å². The van der Waals surface area contributed by atoms with Crippen LogP contribution in [0.4, 0.5) is 10.5 Å². The second kappa shape index (κ2) is 6.23. The van der Waals surface area contributed by atoms with Crippen LogP contribution < -0.4 is 5.32 Å².